The Morgan fingerprint density at radius 1 is 1.32 bits per heavy atom. The Bertz CT molecular complexity index is 683. The van der Waals surface area contributed by atoms with Gasteiger partial charge in [0.05, 0.1) is 12.5 Å². The summed E-state index contributed by atoms with van der Waals surface area (Å²) in [6.07, 6.45) is -0.137. The number of para-hydroxylation sites is 1. The zero-order valence-corrected chi connectivity index (χ0v) is 12.5. The molecule has 1 amide bonds. The number of thiophene rings is 1. The minimum Gasteiger partial charge on any atom is -0.492 e. The lowest BCUT2D eigenvalue weighted by molar-refractivity contribution is -0.137. The molecule has 2 heterocycles. The number of carboxylic acid groups (broad SMARTS) is 1. The van der Waals surface area contributed by atoms with Gasteiger partial charge in [-0.1, -0.05) is 24.3 Å². The summed E-state index contributed by atoms with van der Waals surface area (Å²) in [5.41, 5.74) is 0.847. The van der Waals surface area contributed by atoms with Crippen LogP contribution in [0.5, 0.6) is 5.75 Å². The molecule has 0 spiro atoms. The molecule has 22 heavy (non-hydrogen) atoms. The van der Waals surface area contributed by atoms with Crippen molar-refractivity contribution in [3.8, 4) is 5.75 Å². The van der Waals surface area contributed by atoms with E-state index in [0.717, 1.165) is 10.4 Å². The summed E-state index contributed by atoms with van der Waals surface area (Å²) in [6, 6.07) is 10.6. The molecule has 1 aromatic carbocycles. The van der Waals surface area contributed by atoms with E-state index in [1.807, 2.05) is 41.8 Å². The Kier molecular flexibility index (Phi) is 4.11. The van der Waals surface area contributed by atoms with Gasteiger partial charge in [-0.3, -0.25) is 9.59 Å². The van der Waals surface area contributed by atoms with Crippen LogP contribution in [0.15, 0.2) is 41.8 Å². The summed E-state index contributed by atoms with van der Waals surface area (Å²) >= 11 is 1.43. The summed E-state index contributed by atoms with van der Waals surface area (Å²) < 4.78 is 5.51. The number of nitrogens with one attached hydrogen (secondary N) is 1. The molecule has 0 fully saturated rings. The van der Waals surface area contributed by atoms with Crippen LogP contribution in [-0.4, -0.2) is 23.6 Å². The van der Waals surface area contributed by atoms with Gasteiger partial charge in [0.1, 0.15) is 18.3 Å². The predicted octanol–water partition coefficient (Wildman–Crippen LogP) is 2.56. The van der Waals surface area contributed by atoms with E-state index in [1.165, 1.54) is 11.3 Å². The number of carbonyl (C=O) groups excluding carboxylic acids is 1. The van der Waals surface area contributed by atoms with E-state index in [0.29, 0.717) is 5.75 Å². The first-order chi connectivity index (χ1) is 10.6. The maximum atomic E-state index is 12.5. The molecule has 0 bridgehead atoms. The van der Waals surface area contributed by atoms with Gasteiger partial charge in [-0.15, -0.1) is 11.3 Å². The van der Waals surface area contributed by atoms with E-state index >= 15 is 0 Å². The third kappa shape index (κ3) is 2.96. The van der Waals surface area contributed by atoms with Crippen molar-refractivity contribution in [3.05, 3.63) is 52.2 Å². The Labute approximate surface area is 131 Å². The highest BCUT2D eigenvalue weighted by molar-refractivity contribution is 7.10. The lowest BCUT2D eigenvalue weighted by atomic mass is 9.99. The molecule has 0 radical (unpaired) electrons. The van der Waals surface area contributed by atoms with Crippen molar-refractivity contribution in [2.24, 2.45) is 0 Å². The van der Waals surface area contributed by atoms with Crippen LogP contribution in [0.1, 0.15) is 28.8 Å². The Hall–Kier alpha value is -2.34. The van der Waals surface area contributed by atoms with E-state index in [9.17, 15) is 9.59 Å². The first-order valence-electron chi connectivity index (χ1n) is 6.92. The highest BCUT2D eigenvalue weighted by Crippen LogP contribution is 2.34. The predicted molar refractivity (Wildman–Crippen MR) is 82.1 cm³/mol. The maximum absolute atomic E-state index is 12.5. The van der Waals surface area contributed by atoms with E-state index in [1.54, 1.807) is 0 Å². The van der Waals surface area contributed by atoms with Gasteiger partial charge in [0.15, 0.2) is 0 Å². The van der Waals surface area contributed by atoms with E-state index in [4.69, 9.17) is 9.84 Å². The van der Waals surface area contributed by atoms with Crippen LogP contribution < -0.4 is 10.1 Å². The fourth-order valence-corrected chi connectivity index (χ4v) is 3.32. The molecule has 2 aromatic rings. The molecule has 5 nitrogen and oxygen atoms in total. The monoisotopic (exact) mass is 317 g/mol. The molecule has 0 unspecified atom stereocenters. The first-order valence-corrected chi connectivity index (χ1v) is 7.80. The Morgan fingerprint density at radius 3 is 2.86 bits per heavy atom. The molecule has 2 atom stereocenters. The molecule has 1 aliphatic heterocycles. The van der Waals surface area contributed by atoms with Gasteiger partial charge < -0.3 is 15.2 Å². The summed E-state index contributed by atoms with van der Waals surface area (Å²) in [5.74, 6) is -0.826. The molecule has 0 saturated carbocycles. The Balaban J connectivity index is 1.76. The number of rotatable bonds is 5. The fraction of sp³-hybridized carbons (Fsp3) is 0.250. The molecule has 6 heteroatoms. The summed E-state index contributed by atoms with van der Waals surface area (Å²) in [7, 11) is 0. The summed E-state index contributed by atoms with van der Waals surface area (Å²) in [6.45, 7) is 0.287. The first kappa shape index (κ1) is 14.6. The molecule has 1 aromatic heterocycles. The van der Waals surface area contributed by atoms with Crippen molar-refractivity contribution in [3.63, 3.8) is 0 Å². The van der Waals surface area contributed by atoms with Crippen LogP contribution in [0.4, 0.5) is 0 Å². The van der Waals surface area contributed by atoms with Crippen LogP contribution in [0.3, 0.4) is 0 Å². The molecule has 0 aliphatic carbocycles. The number of benzene rings is 1. The van der Waals surface area contributed by atoms with E-state index in [2.05, 4.69) is 5.32 Å². The normalized spacial score (nSPS) is 17.4. The van der Waals surface area contributed by atoms with Gasteiger partial charge in [0.25, 0.3) is 0 Å². The third-order valence-corrected chi connectivity index (χ3v) is 4.58. The summed E-state index contributed by atoms with van der Waals surface area (Å²) in [5, 5.41) is 13.8. The van der Waals surface area contributed by atoms with Crippen LogP contribution in [0.2, 0.25) is 0 Å². The smallest absolute Gasteiger partial charge is 0.305 e. The number of ether oxygens (including phenoxy) is 1. The number of carboxylic acids is 1. The third-order valence-electron chi connectivity index (χ3n) is 3.60. The molecule has 1 aliphatic rings. The van der Waals surface area contributed by atoms with Crippen molar-refractivity contribution in [1.82, 2.24) is 5.32 Å². The topological polar surface area (TPSA) is 75.6 Å². The average Bonchev–Trinajstić information content (AvgIpc) is 3.15. The van der Waals surface area contributed by atoms with Crippen LogP contribution >= 0.6 is 11.3 Å². The molecule has 0 saturated heterocycles. The summed E-state index contributed by atoms with van der Waals surface area (Å²) in [4.78, 5) is 24.4. The van der Waals surface area contributed by atoms with Crippen molar-refractivity contribution in [2.45, 2.75) is 18.4 Å². The van der Waals surface area contributed by atoms with Crippen molar-refractivity contribution < 1.29 is 19.4 Å². The number of fused-ring (bicyclic) bond motifs is 1. The molecular formula is C16H15NO4S. The van der Waals surface area contributed by atoms with Crippen LogP contribution in [0, 0.1) is 0 Å². The van der Waals surface area contributed by atoms with Crippen molar-refractivity contribution in [1.29, 1.82) is 0 Å². The highest BCUT2D eigenvalue weighted by atomic mass is 32.1. The van der Waals surface area contributed by atoms with Gasteiger partial charge in [-0.2, -0.15) is 0 Å². The van der Waals surface area contributed by atoms with Gasteiger partial charge in [0, 0.05) is 10.4 Å². The second kappa shape index (κ2) is 6.19. The number of aliphatic carboxylic acids is 1. The molecule has 3 rings (SSSR count). The largest absolute Gasteiger partial charge is 0.492 e. The van der Waals surface area contributed by atoms with Gasteiger partial charge in [-0.25, -0.2) is 0 Å². The lowest BCUT2D eigenvalue weighted by Gasteiger charge is -2.18. The maximum Gasteiger partial charge on any atom is 0.305 e. The number of hydrogen-bond donors (Lipinski definition) is 2. The van der Waals surface area contributed by atoms with Crippen molar-refractivity contribution in [2.75, 3.05) is 6.61 Å². The van der Waals surface area contributed by atoms with E-state index < -0.39 is 17.9 Å². The average molecular weight is 317 g/mol. The molecule has 114 valence electrons. The fourth-order valence-electron chi connectivity index (χ4n) is 2.54. The number of hydrogen-bond acceptors (Lipinski definition) is 4. The number of carbonyl (C=O) groups is 2. The number of amides is 1. The van der Waals surface area contributed by atoms with Gasteiger partial charge >= 0.3 is 5.97 Å². The van der Waals surface area contributed by atoms with E-state index in [-0.39, 0.29) is 18.9 Å². The second-order valence-corrected chi connectivity index (χ2v) is 6.06. The second-order valence-electron chi connectivity index (χ2n) is 5.08. The highest BCUT2D eigenvalue weighted by Gasteiger charge is 2.32. The SMILES string of the molecule is O=C(O)C[C@@H](NC(=O)[C@@H]1COc2ccccc21)c1cccs1. The van der Waals surface area contributed by atoms with Gasteiger partial charge in [-0.05, 0) is 17.5 Å². The quantitative estimate of drug-likeness (QED) is 0.888. The minimum atomic E-state index is -0.943. The van der Waals surface area contributed by atoms with Crippen LogP contribution in [0.25, 0.3) is 0 Å². The zero-order valence-electron chi connectivity index (χ0n) is 11.7. The zero-order chi connectivity index (χ0) is 15.5. The van der Waals surface area contributed by atoms with Gasteiger partial charge in [0.2, 0.25) is 5.91 Å². The minimum absolute atomic E-state index is 0.137. The molecule has 2 N–H and O–H groups in total. The molecular weight excluding hydrogens is 302 g/mol. The standard InChI is InChI=1S/C16H15NO4S/c18-15(19)8-12(14-6-3-7-22-14)17-16(20)11-9-21-13-5-2-1-4-10(11)13/h1-7,11-12H,8-9H2,(H,17,20)(H,18,19)/t11-,12-/m1/s1. The van der Waals surface area contributed by atoms with Crippen molar-refractivity contribution >= 4 is 23.2 Å². The van der Waals surface area contributed by atoms with Crippen LogP contribution in [-0.2, 0) is 9.59 Å². The Morgan fingerprint density at radius 2 is 2.14 bits per heavy atom. The lowest BCUT2D eigenvalue weighted by Crippen LogP contribution is -2.34.